The molecule has 9 heteroatoms. The van der Waals surface area contributed by atoms with E-state index in [0.717, 1.165) is 18.5 Å². The molecule has 1 N–H and O–H groups in total. The van der Waals surface area contributed by atoms with E-state index in [9.17, 15) is 19.5 Å². The number of aliphatic hydroxyl groups excluding tert-OH is 1. The fourth-order valence-corrected chi connectivity index (χ4v) is 9.96. The van der Waals surface area contributed by atoms with Crippen LogP contribution in [0.2, 0.25) is 5.02 Å². The van der Waals surface area contributed by atoms with Crippen LogP contribution >= 0.6 is 23.4 Å². The molecular formula is C34H40ClN3O4S. The van der Waals surface area contributed by atoms with Crippen molar-refractivity contribution in [1.29, 1.82) is 0 Å². The minimum atomic E-state index is -0.760. The average molecular weight is 622 g/mol. The van der Waals surface area contributed by atoms with Crippen LogP contribution in [0.5, 0.6) is 0 Å². The van der Waals surface area contributed by atoms with E-state index in [4.69, 9.17) is 11.6 Å². The molecule has 0 aromatic heterocycles. The van der Waals surface area contributed by atoms with Gasteiger partial charge in [-0.3, -0.25) is 14.4 Å². The van der Waals surface area contributed by atoms with Gasteiger partial charge >= 0.3 is 0 Å². The quantitative estimate of drug-likeness (QED) is 0.229. The molecule has 0 radical (unpaired) electrons. The zero-order valence-corrected chi connectivity index (χ0v) is 26.2. The van der Waals surface area contributed by atoms with Gasteiger partial charge in [-0.05, 0) is 63.3 Å². The summed E-state index contributed by atoms with van der Waals surface area (Å²) in [5.74, 6) is -1.68. The number of carbonyl (C=O) groups excluding carboxylic acids is 3. The second kappa shape index (κ2) is 12.9. The van der Waals surface area contributed by atoms with E-state index in [1.165, 1.54) is 0 Å². The van der Waals surface area contributed by atoms with Gasteiger partial charge in [0, 0.05) is 36.7 Å². The van der Waals surface area contributed by atoms with Crippen molar-refractivity contribution in [2.45, 2.75) is 54.6 Å². The Bertz CT molecular complexity index is 1390. The molecule has 2 aromatic carbocycles. The van der Waals surface area contributed by atoms with Crippen LogP contribution in [0.1, 0.15) is 39.0 Å². The number of carbonyl (C=O) groups is 3. The zero-order valence-electron chi connectivity index (χ0n) is 24.7. The molecule has 2 unspecified atom stereocenters. The van der Waals surface area contributed by atoms with Crippen LogP contribution in [0, 0.1) is 11.8 Å². The molecule has 3 fully saturated rings. The van der Waals surface area contributed by atoms with Crippen molar-refractivity contribution in [3.05, 3.63) is 84.9 Å². The van der Waals surface area contributed by atoms with Crippen LogP contribution in [-0.4, -0.2) is 69.5 Å². The lowest BCUT2D eigenvalue weighted by molar-refractivity contribution is -0.139. The third-order valence-corrected chi connectivity index (χ3v) is 11.5. The molecule has 3 aliphatic rings. The minimum absolute atomic E-state index is 0.0753. The summed E-state index contributed by atoms with van der Waals surface area (Å²) in [6.45, 7) is 10.9. The van der Waals surface area contributed by atoms with Crippen molar-refractivity contribution in [2.24, 2.45) is 11.8 Å². The second-order valence-electron chi connectivity index (χ2n) is 11.8. The average Bonchev–Trinajstić information content (AvgIpc) is 3.57. The molecule has 3 heterocycles. The van der Waals surface area contributed by atoms with E-state index in [0.29, 0.717) is 43.1 Å². The highest BCUT2D eigenvalue weighted by Crippen LogP contribution is 2.71. The first kappa shape index (κ1) is 31.4. The Hall–Kier alpha value is -3.07. The van der Waals surface area contributed by atoms with Gasteiger partial charge in [-0.25, -0.2) is 0 Å². The largest absolute Gasteiger partial charge is 0.396 e. The van der Waals surface area contributed by atoms with Crippen molar-refractivity contribution in [2.75, 3.05) is 36.0 Å². The Kier molecular flexibility index (Phi) is 9.40. The lowest BCUT2D eigenvalue weighted by atomic mass is 9.66. The molecule has 2 bridgehead atoms. The second-order valence-corrected chi connectivity index (χ2v) is 14.1. The van der Waals surface area contributed by atoms with E-state index >= 15 is 0 Å². The predicted octanol–water partition coefficient (Wildman–Crippen LogP) is 5.72. The van der Waals surface area contributed by atoms with Gasteiger partial charge in [0.2, 0.25) is 11.8 Å². The molecular weight excluding hydrogens is 582 g/mol. The Morgan fingerprint density at radius 3 is 2.35 bits per heavy atom. The summed E-state index contributed by atoms with van der Waals surface area (Å²) >= 11 is 8.25. The van der Waals surface area contributed by atoms with Gasteiger partial charge in [0.25, 0.3) is 5.91 Å². The number of aliphatic hydroxyl groups is 1. The number of anilines is 2. The van der Waals surface area contributed by atoms with E-state index in [-0.39, 0.29) is 30.9 Å². The van der Waals surface area contributed by atoms with Crippen LogP contribution in [-0.2, 0) is 14.4 Å². The van der Waals surface area contributed by atoms with E-state index < -0.39 is 27.4 Å². The van der Waals surface area contributed by atoms with Crippen LogP contribution < -0.4 is 9.80 Å². The monoisotopic (exact) mass is 621 g/mol. The number of hydrogen-bond donors (Lipinski definition) is 1. The summed E-state index contributed by atoms with van der Waals surface area (Å²) in [6, 6.07) is 15.9. The summed E-state index contributed by atoms with van der Waals surface area (Å²) in [4.78, 5) is 48.9. The predicted molar refractivity (Wildman–Crippen MR) is 174 cm³/mol. The Labute approximate surface area is 263 Å². The molecule has 1 spiro atoms. The Morgan fingerprint density at radius 1 is 1.00 bits per heavy atom. The first-order valence-electron chi connectivity index (χ1n) is 15.0. The van der Waals surface area contributed by atoms with Gasteiger partial charge in [0.1, 0.15) is 6.04 Å². The summed E-state index contributed by atoms with van der Waals surface area (Å²) in [7, 11) is 0. The topological polar surface area (TPSA) is 81.2 Å². The third kappa shape index (κ3) is 5.42. The first-order chi connectivity index (χ1) is 20.7. The number of rotatable bonds is 13. The van der Waals surface area contributed by atoms with Crippen LogP contribution in [0.3, 0.4) is 0 Å². The smallest absolute Gasteiger partial charge is 0.251 e. The molecule has 5 atom stereocenters. The number of amides is 3. The molecule has 3 aliphatic heterocycles. The lowest BCUT2D eigenvalue weighted by Crippen LogP contribution is -2.55. The van der Waals surface area contributed by atoms with Crippen molar-refractivity contribution in [3.8, 4) is 0 Å². The molecule has 0 saturated carbocycles. The molecule has 228 valence electrons. The molecule has 3 saturated heterocycles. The number of likely N-dealkylation sites (tertiary alicyclic amines) is 1. The highest BCUT2D eigenvalue weighted by Gasteiger charge is 2.77. The highest BCUT2D eigenvalue weighted by atomic mass is 35.5. The SMILES string of the molecule is C=CCN(C(=O)[C@H]1[C@H]2C(=O)N(CCCCCO)C(C(=O)N(CC=C)c3ccccc3Cl)C23CC[C@]1(C)S3)c1ccccc1. The highest BCUT2D eigenvalue weighted by molar-refractivity contribution is 8.02. The van der Waals surface area contributed by atoms with Crippen LogP contribution in [0.4, 0.5) is 11.4 Å². The van der Waals surface area contributed by atoms with Gasteiger partial charge < -0.3 is 19.8 Å². The molecule has 7 nitrogen and oxygen atoms in total. The Morgan fingerprint density at radius 2 is 1.67 bits per heavy atom. The van der Waals surface area contributed by atoms with Gasteiger partial charge in [-0.1, -0.05) is 54.1 Å². The van der Waals surface area contributed by atoms with E-state index in [2.05, 4.69) is 20.1 Å². The number of nitrogens with zero attached hydrogens (tertiary/aromatic N) is 3. The minimum Gasteiger partial charge on any atom is -0.396 e. The number of benzene rings is 2. The number of thioether (sulfide) groups is 1. The third-order valence-electron chi connectivity index (χ3n) is 9.20. The number of halogens is 1. The maximum absolute atomic E-state index is 14.8. The molecule has 0 aliphatic carbocycles. The number of hydrogen-bond acceptors (Lipinski definition) is 5. The van der Waals surface area contributed by atoms with Crippen molar-refractivity contribution >= 4 is 52.5 Å². The van der Waals surface area contributed by atoms with Gasteiger partial charge in [-0.2, -0.15) is 0 Å². The zero-order chi connectivity index (χ0) is 30.8. The molecule has 2 aromatic rings. The van der Waals surface area contributed by atoms with Crippen molar-refractivity contribution in [3.63, 3.8) is 0 Å². The number of unbranched alkanes of at least 4 members (excludes halogenated alkanes) is 2. The van der Waals surface area contributed by atoms with Gasteiger partial charge in [0.05, 0.1) is 27.3 Å². The summed E-state index contributed by atoms with van der Waals surface area (Å²) in [6.07, 6.45) is 6.76. The summed E-state index contributed by atoms with van der Waals surface area (Å²) in [5, 5.41) is 9.79. The molecule has 5 rings (SSSR count). The first-order valence-corrected chi connectivity index (χ1v) is 16.2. The number of fused-ring (bicyclic) bond motifs is 1. The van der Waals surface area contributed by atoms with Gasteiger partial charge in [0.15, 0.2) is 0 Å². The fourth-order valence-electron chi connectivity index (χ4n) is 7.37. The fraction of sp³-hybridized carbons (Fsp3) is 0.441. The molecule has 43 heavy (non-hydrogen) atoms. The van der Waals surface area contributed by atoms with Crippen LogP contribution in [0.15, 0.2) is 79.9 Å². The summed E-state index contributed by atoms with van der Waals surface area (Å²) < 4.78 is -1.25. The summed E-state index contributed by atoms with van der Waals surface area (Å²) in [5.41, 5.74) is 1.33. The maximum atomic E-state index is 14.8. The standard InChI is InChI=1S/C34H40ClN3O4S/c1-4-20-36(24-14-8-6-9-15-24)30(40)27-28-31(41)38(22-12-7-13-23-39)29(34(28)19-18-33(27,3)43-34)32(42)37(21-5-2)26-17-11-10-16-25(26)35/h4-6,8-11,14-17,27-29,39H,1-2,7,12-13,18-23H2,3H3/t27-,28+,29?,33+,34?/m1/s1. The van der Waals surface area contributed by atoms with Gasteiger partial charge in [-0.15, -0.1) is 24.9 Å². The van der Waals surface area contributed by atoms with Crippen molar-refractivity contribution in [1.82, 2.24) is 4.90 Å². The molecule has 3 amide bonds. The van der Waals surface area contributed by atoms with Crippen LogP contribution in [0.25, 0.3) is 0 Å². The maximum Gasteiger partial charge on any atom is 0.251 e. The van der Waals surface area contributed by atoms with Crippen molar-refractivity contribution < 1.29 is 19.5 Å². The lowest BCUT2D eigenvalue weighted by Gasteiger charge is -2.38. The Balaban J connectivity index is 1.58. The van der Waals surface area contributed by atoms with E-state index in [1.807, 2.05) is 42.5 Å². The normalized spacial score (nSPS) is 27.2. The number of para-hydroxylation sites is 2. The van der Waals surface area contributed by atoms with E-state index in [1.54, 1.807) is 50.7 Å².